The fourth-order valence-corrected chi connectivity index (χ4v) is 1.02. The number of hydrazine groups is 1. The van der Waals surface area contributed by atoms with Crippen molar-refractivity contribution in [3.63, 3.8) is 0 Å². The van der Waals surface area contributed by atoms with E-state index >= 15 is 0 Å². The minimum Gasteiger partial charge on any atom is -0.302 e. The van der Waals surface area contributed by atoms with E-state index in [4.69, 9.17) is 5.84 Å². The van der Waals surface area contributed by atoms with Crippen LogP contribution in [-0.2, 0) is 4.79 Å². The molecule has 1 aromatic carbocycles. The standard InChI is InChI=1S/C9H11N3O/c1-11-8-4-2-3-5-9(8)12(10)6-7-13/h2-5,7H,1,6,10H2. The first-order valence-corrected chi connectivity index (χ1v) is 3.81. The van der Waals surface area contributed by atoms with Crippen LogP contribution in [0.4, 0.5) is 11.4 Å². The molecule has 1 aromatic rings. The van der Waals surface area contributed by atoms with Crippen LogP contribution in [0.3, 0.4) is 0 Å². The lowest BCUT2D eigenvalue weighted by Gasteiger charge is -2.16. The molecule has 0 bridgehead atoms. The van der Waals surface area contributed by atoms with Gasteiger partial charge in [0.2, 0.25) is 0 Å². The van der Waals surface area contributed by atoms with Crippen LogP contribution in [0.1, 0.15) is 0 Å². The summed E-state index contributed by atoms with van der Waals surface area (Å²) in [6.07, 6.45) is 0.736. The highest BCUT2D eigenvalue weighted by Gasteiger charge is 2.04. The molecule has 0 aliphatic rings. The first-order chi connectivity index (χ1) is 6.29. The van der Waals surface area contributed by atoms with Crippen molar-refractivity contribution in [2.45, 2.75) is 0 Å². The summed E-state index contributed by atoms with van der Waals surface area (Å²) in [5.74, 6) is 5.60. The Labute approximate surface area is 76.7 Å². The number of hydrogen-bond donors (Lipinski definition) is 1. The molecule has 0 spiro atoms. The number of carbonyl (C=O) groups is 1. The average Bonchev–Trinajstić information content (AvgIpc) is 2.18. The average molecular weight is 177 g/mol. The lowest BCUT2D eigenvalue weighted by atomic mass is 10.2. The van der Waals surface area contributed by atoms with Crippen LogP contribution in [0.25, 0.3) is 0 Å². The zero-order chi connectivity index (χ0) is 9.68. The van der Waals surface area contributed by atoms with Gasteiger partial charge in [-0.15, -0.1) is 0 Å². The van der Waals surface area contributed by atoms with Gasteiger partial charge in [0, 0.05) is 0 Å². The van der Waals surface area contributed by atoms with Gasteiger partial charge in [0.1, 0.15) is 6.29 Å². The van der Waals surface area contributed by atoms with Crippen molar-refractivity contribution in [2.24, 2.45) is 10.8 Å². The smallest absolute Gasteiger partial charge is 0.140 e. The predicted molar refractivity (Wildman–Crippen MR) is 53.2 cm³/mol. The van der Waals surface area contributed by atoms with Gasteiger partial charge in [0.05, 0.1) is 17.9 Å². The van der Waals surface area contributed by atoms with E-state index in [9.17, 15) is 4.79 Å². The molecule has 0 aliphatic carbocycles. The Balaban J connectivity index is 2.97. The minimum absolute atomic E-state index is 0.145. The Morgan fingerprint density at radius 2 is 2.23 bits per heavy atom. The summed E-state index contributed by atoms with van der Waals surface area (Å²) in [4.78, 5) is 14.0. The fraction of sp³-hybridized carbons (Fsp3) is 0.111. The zero-order valence-electron chi connectivity index (χ0n) is 7.18. The molecule has 0 atom stereocenters. The molecule has 2 N–H and O–H groups in total. The van der Waals surface area contributed by atoms with E-state index in [0.29, 0.717) is 11.4 Å². The van der Waals surface area contributed by atoms with Crippen LogP contribution in [0, 0.1) is 0 Å². The van der Waals surface area contributed by atoms with Crippen molar-refractivity contribution in [3.8, 4) is 0 Å². The van der Waals surface area contributed by atoms with E-state index in [1.54, 1.807) is 12.1 Å². The lowest BCUT2D eigenvalue weighted by molar-refractivity contribution is -0.106. The van der Waals surface area contributed by atoms with Crippen LogP contribution >= 0.6 is 0 Å². The number of anilines is 1. The van der Waals surface area contributed by atoms with Crippen LogP contribution in [-0.4, -0.2) is 19.5 Å². The number of aliphatic imine (C=N–C) groups is 1. The van der Waals surface area contributed by atoms with E-state index in [0.717, 1.165) is 6.29 Å². The topological polar surface area (TPSA) is 58.7 Å². The summed E-state index contributed by atoms with van der Waals surface area (Å²) in [6.45, 7) is 3.56. The molecule has 0 aromatic heterocycles. The van der Waals surface area contributed by atoms with Crippen LogP contribution in [0.15, 0.2) is 29.3 Å². The number of hydrogen-bond acceptors (Lipinski definition) is 4. The molecular formula is C9H11N3O. The molecule has 4 nitrogen and oxygen atoms in total. The summed E-state index contributed by atoms with van der Waals surface area (Å²) < 4.78 is 0. The number of benzene rings is 1. The molecule has 0 saturated carbocycles. The molecule has 0 unspecified atom stereocenters. The molecule has 0 radical (unpaired) electrons. The maximum Gasteiger partial charge on any atom is 0.140 e. The number of nitrogens with zero attached hydrogens (tertiary/aromatic N) is 2. The number of nitrogens with two attached hydrogens (primary N) is 1. The van der Waals surface area contributed by atoms with E-state index in [1.165, 1.54) is 5.01 Å². The monoisotopic (exact) mass is 177 g/mol. The Bertz CT molecular complexity index is 311. The lowest BCUT2D eigenvalue weighted by Crippen LogP contribution is -2.32. The van der Waals surface area contributed by atoms with Crippen molar-refractivity contribution in [2.75, 3.05) is 11.6 Å². The van der Waals surface area contributed by atoms with Crippen molar-refractivity contribution in [1.82, 2.24) is 0 Å². The summed E-state index contributed by atoms with van der Waals surface area (Å²) >= 11 is 0. The molecule has 1 rings (SSSR count). The van der Waals surface area contributed by atoms with Gasteiger partial charge in [-0.1, -0.05) is 12.1 Å². The molecule has 0 amide bonds. The van der Waals surface area contributed by atoms with Crippen LogP contribution in [0.2, 0.25) is 0 Å². The van der Waals surface area contributed by atoms with E-state index < -0.39 is 0 Å². The summed E-state index contributed by atoms with van der Waals surface area (Å²) in [6, 6.07) is 7.23. The highest BCUT2D eigenvalue weighted by Crippen LogP contribution is 2.25. The third-order valence-corrected chi connectivity index (χ3v) is 1.63. The van der Waals surface area contributed by atoms with Crippen molar-refractivity contribution >= 4 is 24.4 Å². The fourth-order valence-electron chi connectivity index (χ4n) is 1.02. The van der Waals surface area contributed by atoms with E-state index in [-0.39, 0.29) is 6.54 Å². The van der Waals surface area contributed by atoms with Crippen LogP contribution < -0.4 is 10.9 Å². The van der Waals surface area contributed by atoms with Crippen molar-refractivity contribution < 1.29 is 4.79 Å². The molecule has 4 heteroatoms. The summed E-state index contributed by atoms with van der Waals surface area (Å²) in [5, 5.41) is 1.33. The van der Waals surface area contributed by atoms with Crippen molar-refractivity contribution in [3.05, 3.63) is 24.3 Å². The third kappa shape index (κ3) is 2.13. The molecule has 0 heterocycles. The quantitative estimate of drug-likeness (QED) is 0.321. The van der Waals surface area contributed by atoms with Gasteiger partial charge in [-0.05, 0) is 18.9 Å². The van der Waals surface area contributed by atoms with Gasteiger partial charge in [-0.25, -0.2) is 5.84 Å². The Hall–Kier alpha value is -1.68. The van der Waals surface area contributed by atoms with Gasteiger partial charge in [-0.2, -0.15) is 0 Å². The Kier molecular flexibility index (Phi) is 3.16. The Morgan fingerprint density at radius 3 is 2.85 bits per heavy atom. The van der Waals surface area contributed by atoms with Crippen molar-refractivity contribution in [1.29, 1.82) is 0 Å². The normalized spacial score (nSPS) is 9.31. The highest BCUT2D eigenvalue weighted by molar-refractivity contribution is 5.71. The maximum atomic E-state index is 10.2. The second kappa shape index (κ2) is 4.37. The number of aldehydes is 1. The molecular weight excluding hydrogens is 166 g/mol. The first-order valence-electron chi connectivity index (χ1n) is 3.81. The van der Waals surface area contributed by atoms with Gasteiger partial charge in [0.25, 0.3) is 0 Å². The van der Waals surface area contributed by atoms with Gasteiger partial charge in [-0.3, -0.25) is 4.99 Å². The molecule has 0 saturated heterocycles. The third-order valence-electron chi connectivity index (χ3n) is 1.63. The maximum absolute atomic E-state index is 10.2. The van der Waals surface area contributed by atoms with E-state index in [1.807, 2.05) is 12.1 Å². The SMILES string of the molecule is C=Nc1ccccc1N(N)CC=O. The summed E-state index contributed by atoms with van der Waals surface area (Å²) in [7, 11) is 0. The number of para-hydroxylation sites is 2. The second-order valence-electron chi connectivity index (χ2n) is 2.47. The molecule has 68 valence electrons. The van der Waals surface area contributed by atoms with Gasteiger partial charge >= 0.3 is 0 Å². The minimum atomic E-state index is 0.145. The predicted octanol–water partition coefficient (Wildman–Crippen LogP) is 0.898. The Morgan fingerprint density at radius 1 is 1.54 bits per heavy atom. The highest BCUT2D eigenvalue weighted by atomic mass is 16.1. The second-order valence-corrected chi connectivity index (χ2v) is 2.47. The molecule has 0 fully saturated rings. The summed E-state index contributed by atoms with van der Waals surface area (Å²) in [5.41, 5.74) is 1.37. The van der Waals surface area contributed by atoms with E-state index in [2.05, 4.69) is 11.7 Å². The first kappa shape index (κ1) is 9.41. The zero-order valence-corrected chi connectivity index (χ0v) is 7.18. The largest absolute Gasteiger partial charge is 0.302 e. The number of carbonyl (C=O) groups excluding carboxylic acids is 1. The van der Waals surface area contributed by atoms with Gasteiger partial charge in [0.15, 0.2) is 0 Å². The van der Waals surface area contributed by atoms with Crippen LogP contribution in [0.5, 0.6) is 0 Å². The molecule has 0 aliphatic heterocycles. The molecule has 13 heavy (non-hydrogen) atoms. The van der Waals surface area contributed by atoms with Gasteiger partial charge < -0.3 is 9.80 Å². The number of rotatable bonds is 4.